The first-order valence-electron chi connectivity index (χ1n) is 4.25. The fraction of sp³-hybridized carbons (Fsp3) is 0.857. The van der Waals surface area contributed by atoms with E-state index in [4.69, 9.17) is 4.74 Å². The van der Waals surface area contributed by atoms with Gasteiger partial charge in [-0.3, -0.25) is 9.89 Å². The average molecular weight is 170 g/mol. The van der Waals surface area contributed by atoms with E-state index in [1.165, 1.54) is 0 Å². The van der Waals surface area contributed by atoms with Crippen LogP contribution in [0.5, 0.6) is 0 Å². The second-order valence-corrected chi connectivity index (χ2v) is 2.99. The van der Waals surface area contributed by atoms with Gasteiger partial charge in [-0.1, -0.05) is 0 Å². The molecule has 0 bridgehead atoms. The molecule has 12 heavy (non-hydrogen) atoms. The Morgan fingerprint density at radius 1 is 1.42 bits per heavy atom. The molecule has 2 aliphatic rings. The minimum Gasteiger partial charge on any atom is -0.379 e. The number of hydrogen-bond acceptors (Lipinski definition) is 5. The highest BCUT2D eigenvalue weighted by molar-refractivity contribution is 5.54. The van der Waals surface area contributed by atoms with Crippen molar-refractivity contribution in [3.05, 3.63) is 0 Å². The number of nitrogens with one attached hydrogen (secondary N) is 1. The monoisotopic (exact) mass is 170 g/mol. The van der Waals surface area contributed by atoms with Crippen molar-refractivity contribution < 1.29 is 4.74 Å². The molecule has 0 amide bonds. The maximum Gasteiger partial charge on any atom is 0.112 e. The molecule has 0 atom stereocenters. The van der Waals surface area contributed by atoms with Gasteiger partial charge in [0.05, 0.1) is 26.2 Å². The summed E-state index contributed by atoms with van der Waals surface area (Å²) in [5.41, 5.74) is 3.06. The molecule has 1 N–H and O–H groups in total. The van der Waals surface area contributed by atoms with Crippen LogP contribution in [-0.4, -0.2) is 55.9 Å². The molecule has 0 spiro atoms. The summed E-state index contributed by atoms with van der Waals surface area (Å²) in [6.45, 7) is 5.46. The van der Waals surface area contributed by atoms with Crippen molar-refractivity contribution in [3.8, 4) is 0 Å². The fourth-order valence-electron chi connectivity index (χ4n) is 1.37. The summed E-state index contributed by atoms with van der Waals surface area (Å²) in [7, 11) is 0. The molecule has 2 aliphatic heterocycles. The van der Waals surface area contributed by atoms with E-state index in [0.717, 1.165) is 39.6 Å². The van der Waals surface area contributed by atoms with Gasteiger partial charge in [0.15, 0.2) is 0 Å². The minimum absolute atomic E-state index is 0.761. The van der Waals surface area contributed by atoms with E-state index in [2.05, 4.69) is 20.3 Å². The summed E-state index contributed by atoms with van der Waals surface area (Å²) in [5, 5.41) is 2.07. The maximum absolute atomic E-state index is 5.25. The van der Waals surface area contributed by atoms with Gasteiger partial charge in [0.1, 0.15) is 6.67 Å². The summed E-state index contributed by atoms with van der Waals surface area (Å²) >= 11 is 0. The number of aliphatic imine (C=N–C) groups is 1. The first kappa shape index (κ1) is 7.97. The van der Waals surface area contributed by atoms with Crippen LogP contribution in [0.4, 0.5) is 0 Å². The van der Waals surface area contributed by atoms with Gasteiger partial charge < -0.3 is 10.2 Å². The standard InChI is InChI=1S/C7H14N4O/c1-3-12-4-2-10(1)7-11-6-8-5-9-11/h5H,1-4,6-7H2,(H,8,9). The van der Waals surface area contributed by atoms with Crippen LogP contribution >= 0.6 is 0 Å². The molecule has 0 aromatic carbocycles. The van der Waals surface area contributed by atoms with E-state index in [9.17, 15) is 0 Å². The third kappa shape index (κ3) is 1.94. The molecule has 0 aromatic rings. The van der Waals surface area contributed by atoms with E-state index in [1.54, 1.807) is 6.34 Å². The van der Waals surface area contributed by atoms with Gasteiger partial charge in [-0.15, -0.1) is 0 Å². The summed E-state index contributed by atoms with van der Waals surface area (Å²) < 4.78 is 5.25. The van der Waals surface area contributed by atoms with Crippen LogP contribution in [0.3, 0.4) is 0 Å². The van der Waals surface area contributed by atoms with Gasteiger partial charge in [-0.2, -0.15) is 5.01 Å². The third-order valence-electron chi connectivity index (χ3n) is 2.06. The average Bonchev–Trinajstić information content (AvgIpc) is 2.59. The van der Waals surface area contributed by atoms with Gasteiger partial charge in [0.25, 0.3) is 0 Å². The topological polar surface area (TPSA) is 40.1 Å². The van der Waals surface area contributed by atoms with Crippen molar-refractivity contribution >= 4 is 6.34 Å². The van der Waals surface area contributed by atoms with Crippen LogP contribution in [-0.2, 0) is 4.74 Å². The molecule has 5 heteroatoms. The van der Waals surface area contributed by atoms with E-state index >= 15 is 0 Å². The van der Waals surface area contributed by atoms with E-state index in [1.807, 2.05) is 0 Å². The highest BCUT2D eigenvalue weighted by atomic mass is 16.5. The predicted octanol–water partition coefficient (Wildman–Crippen LogP) is -0.918. The van der Waals surface area contributed by atoms with Crippen LogP contribution < -0.4 is 5.43 Å². The van der Waals surface area contributed by atoms with Gasteiger partial charge in [-0.05, 0) is 0 Å². The van der Waals surface area contributed by atoms with E-state index in [-0.39, 0.29) is 0 Å². The van der Waals surface area contributed by atoms with Crippen LogP contribution in [0.25, 0.3) is 0 Å². The van der Waals surface area contributed by atoms with Gasteiger partial charge in [0, 0.05) is 13.1 Å². The predicted molar refractivity (Wildman–Crippen MR) is 45.6 cm³/mol. The van der Waals surface area contributed by atoms with Gasteiger partial charge >= 0.3 is 0 Å². The Balaban J connectivity index is 1.70. The number of hydrazine groups is 1. The first-order chi connectivity index (χ1) is 5.95. The number of morpholine rings is 1. The van der Waals surface area contributed by atoms with E-state index < -0.39 is 0 Å². The Morgan fingerprint density at radius 2 is 2.25 bits per heavy atom. The summed E-state index contributed by atoms with van der Waals surface area (Å²) in [6.07, 6.45) is 1.74. The zero-order valence-electron chi connectivity index (χ0n) is 7.07. The minimum atomic E-state index is 0.761. The second kappa shape index (κ2) is 3.84. The van der Waals surface area contributed by atoms with Crippen molar-refractivity contribution in [3.63, 3.8) is 0 Å². The molecule has 0 aromatic heterocycles. The Hall–Kier alpha value is -0.650. The lowest BCUT2D eigenvalue weighted by Gasteiger charge is -2.29. The van der Waals surface area contributed by atoms with Crippen LogP contribution in [0.1, 0.15) is 0 Å². The highest BCUT2D eigenvalue weighted by Gasteiger charge is 2.14. The Bertz CT molecular complexity index is 159. The summed E-state index contributed by atoms with van der Waals surface area (Å²) in [6, 6.07) is 0. The van der Waals surface area contributed by atoms with Gasteiger partial charge in [0.2, 0.25) is 0 Å². The normalized spacial score (nSPS) is 26.0. The molecule has 2 rings (SSSR count). The Morgan fingerprint density at radius 3 is 2.92 bits per heavy atom. The quantitative estimate of drug-likeness (QED) is 0.582. The smallest absolute Gasteiger partial charge is 0.112 e. The largest absolute Gasteiger partial charge is 0.379 e. The van der Waals surface area contributed by atoms with E-state index in [0.29, 0.717) is 0 Å². The lowest BCUT2D eigenvalue weighted by atomic mass is 10.4. The number of nitrogens with zero attached hydrogens (tertiary/aromatic N) is 3. The molecule has 0 aliphatic carbocycles. The maximum atomic E-state index is 5.25. The Labute approximate surface area is 72.0 Å². The number of hydrogen-bond donors (Lipinski definition) is 1. The zero-order valence-corrected chi connectivity index (χ0v) is 7.07. The SMILES string of the molecule is C1=NCN(CN2CCOCC2)N1. The van der Waals surface area contributed by atoms with Crippen molar-refractivity contribution in [1.29, 1.82) is 0 Å². The molecule has 0 unspecified atom stereocenters. The van der Waals surface area contributed by atoms with Crippen molar-refractivity contribution in [2.45, 2.75) is 0 Å². The molecular weight excluding hydrogens is 156 g/mol. The summed E-state index contributed by atoms with van der Waals surface area (Å²) in [5.74, 6) is 0. The van der Waals surface area contributed by atoms with Crippen molar-refractivity contribution in [2.75, 3.05) is 39.6 Å². The summed E-state index contributed by atoms with van der Waals surface area (Å²) in [4.78, 5) is 6.41. The zero-order chi connectivity index (χ0) is 8.23. The van der Waals surface area contributed by atoms with Crippen LogP contribution in [0.2, 0.25) is 0 Å². The lowest BCUT2D eigenvalue weighted by molar-refractivity contribution is 0.00713. The molecule has 0 radical (unpaired) electrons. The fourth-order valence-corrected chi connectivity index (χ4v) is 1.37. The van der Waals surface area contributed by atoms with Crippen molar-refractivity contribution in [1.82, 2.24) is 15.3 Å². The molecule has 1 saturated heterocycles. The van der Waals surface area contributed by atoms with Crippen molar-refractivity contribution in [2.24, 2.45) is 4.99 Å². The molecule has 0 saturated carbocycles. The number of rotatable bonds is 2. The molecule has 1 fully saturated rings. The molecule has 5 nitrogen and oxygen atoms in total. The molecule has 68 valence electrons. The Kier molecular flexibility index (Phi) is 2.55. The highest BCUT2D eigenvalue weighted by Crippen LogP contribution is 1.98. The number of ether oxygens (including phenoxy) is 1. The van der Waals surface area contributed by atoms with Crippen LogP contribution in [0, 0.1) is 0 Å². The molecular formula is C7H14N4O. The van der Waals surface area contributed by atoms with Crippen LogP contribution in [0.15, 0.2) is 4.99 Å². The first-order valence-corrected chi connectivity index (χ1v) is 4.25. The second-order valence-electron chi connectivity index (χ2n) is 2.99. The lowest BCUT2D eigenvalue weighted by Crippen LogP contribution is -2.46. The van der Waals surface area contributed by atoms with Gasteiger partial charge in [-0.25, -0.2) is 0 Å². The third-order valence-corrected chi connectivity index (χ3v) is 2.06. The molecule has 2 heterocycles.